The number of phenolic OH excluding ortho intramolecular Hbond substituents is 1. The predicted octanol–water partition coefficient (Wildman–Crippen LogP) is 2.58. The topological polar surface area (TPSA) is 59.7 Å². The molecule has 0 aliphatic heterocycles. The third-order valence-corrected chi connectivity index (χ3v) is 2.40. The largest absolute Gasteiger partial charge is 0.506 e. The van der Waals surface area contributed by atoms with Crippen LogP contribution in [-0.2, 0) is 4.74 Å². The highest BCUT2D eigenvalue weighted by atomic mass is 35.5. The molecule has 0 spiro atoms. The first-order valence-electron chi connectivity index (χ1n) is 4.13. The van der Waals surface area contributed by atoms with Crippen molar-refractivity contribution in [3.05, 3.63) is 29.0 Å². The summed E-state index contributed by atoms with van der Waals surface area (Å²) >= 11 is 5.83. The highest BCUT2D eigenvalue weighted by molar-refractivity contribution is 6.36. The van der Waals surface area contributed by atoms with Gasteiger partial charge in [-0.05, 0) is 12.1 Å². The summed E-state index contributed by atoms with van der Waals surface area (Å²) in [7, 11) is 1.26. The van der Waals surface area contributed by atoms with Crippen molar-refractivity contribution in [3.63, 3.8) is 0 Å². The molecule has 0 atom stereocenters. The van der Waals surface area contributed by atoms with Crippen molar-refractivity contribution in [1.29, 1.82) is 0 Å². The number of esters is 1. The molecule has 0 radical (unpaired) electrons. The molecule has 0 aliphatic carbocycles. The number of benzene rings is 1. The van der Waals surface area contributed by atoms with Crippen LogP contribution in [0.15, 0.2) is 22.6 Å². The number of phenols is 1. The van der Waals surface area contributed by atoms with Gasteiger partial charge in [-0.2, -0.15) is 0 Å². The van der Waals surface area contributed by atoms with E-state index in [0.29, 0.717) is 11.0 Å². The molecule has 2 rings (SSSR count). The molecular weight excluding hydrogens is 220 g/mol. The van der Waals surface area contributed by atoms with E-state index in [1.54, 1.807) is 0 Å². The van der Waals surface area contributed by atoms with Crippen molar-refractivity contribution < 1.29 is 19.1 Å². The van der Waals surface area contributed by atoms with Crippen molar-refractivity contribution >= 4 is 28.5 Å². The number of fused-ring (bicyclic) bond motifs is 1. The SMILES string of the molecule is COC(=O)c1cc2c(Cl)c(O)ccc2o1. The number of ether oxygens (including phenoxy) is 1. The summed E-state index contributed by atoms with van der Waals surface area (Å²) in [6.07, 6.45) is 0. The van der Waals surface area contributed by atoms with Gasteiger partial charge in [0, 0.05) is 11.5 Å². The van der Waals surface area contributed by atoms with E-state index in [4.69, 9.17) is 16.0 Å². The summed E-state index contributed by atoms with van der Waals surface area (Å²) < 4.78 is 9.68. The van der Waals surface area contributed by atoms with Crippen LogP contribution >= 0.6 is 11.6 Å². The van der Waals surface area contributed by atoms with Gasteiger partial charge in [-0.1, -0.05) is 11.6 Å². The third kappa shape index (κ3) is 1.53. The number of rotatable bonds is 1. The maximum atomic E-state index is 11.2. The maximum Gasteiger partial charge on any atom is 0.373 e. The Morgan fingerprint density at radius 1 is 1.53 bits per heavy atom. The Morgan fingerprint density at radius 2 is 2.27 bits per heavy atom. The molecule has 4 nitrogen and oxygen atoms in total. The fraction of sp³-hybridized carbons (Fsp3) is 0.100. The van der Waals surface area contributed by atoms with E-state index in [0.717, 1.165) is 0 Å². The zero-order chi connectivity index (χ0) is 11.0. The van der Waals surface area contributed by atoms with Crippen molar-refractivity contribution in [2.24, 2.45) is 0 Å². The van der Waals surface area contributed by atoms with Gasteiger partial charge in [0.1, 0.15) is 11.3 Å². The van der Waals surface area contributed by atoms with Gasteiger partial charge >= 0.3 is 5.97 Å². The first-order chi connectivity index (χ1) is 7.13. The molecular formula is C10H7ClO4. The van der Waals surface area contributed by atoms with E-state index in [9.17, 15) is 9.90 Å². The van der Waals surface area contributed by atoms with Crippen LogP contribution in [0.5, 0.6) is 5.75 Å². The fourth-order valence-corrected chi connectivity index (χ4v) is 1.48. The quantitative estimate of drug-likeness (QED) is 0.760. The van der Waals surface area contributed by atoms with Gasteiger partial charge < -0.3 is 14.3 Å². The lowest BCUT2D eigenvalue weighted by Crippen LogP contribution is -1.97. The van der Waals surface area contributed by atoms with Crippen molar-refractivity contribution in [1.82, 2.24) is 0 Å². The van der Waals surface area contributed by atoms with Crippen LogP contribution < -0.4 is 0 Å². The molecule has 0 unspecified atom stereocenters. The number of methoxy groups -OCH3 is 1. The Kier molecular flexibility index (Phi) is 2.28. The molecule has 0 saturated carbocycles. The van der Waals surface area contributed by atoms with Gasteiger partial charge in [0.25, 0.3) is 0 Å². The Hall–Kier alpha value is -1.68. The Labute approximate surface area is 90.0 Å². The monoisotopic (exact) mass is 226 g/mol. The Balaban J connectivity index is 2.66. The normalized spacial score (nSPS) is 10.5. The van der Waals surface area contributed by atoms with Gasteiger partial charge in [-0.15, -0.1) is 0 Å². The number of aromatic hydroxyl groups is 1. The van der Waals surface area contributed by atoms with E-state index in [1.807, 2.05) is 0 Å². The van der Waals surface area contributed by atoms with Crippen LogP contribution in [0.3, 0.4) is 0 Å². The van der Waals surface area contributed by atoms with Gasteiger partial charge in [0.2, 0.25) is 5.76 Å². The highest BCUT2D eigenvalue weighted by Gasteiger charge is 2.15. The second-order valence-electron chi connectivity index (χ2n) is 2.91. The van der Waals surface area contributed by atoms with Gasteiger partial charge in [-0.25, -0.2) is 4.79 Å². The second kappa shape index (κ2) is 3.47. The third-order valence-electron chi connectivity index (χ3n) is 2.00. The lowest BCUT2D eigenvalue weighted by atomic mass is 10.2. The van der Waals surface area contributed by atoms with E-state index < -0.39 is 5.97 Å². The average Bonchev–Trinajstić information content (AvgIpc) is 2.67. The molecule has 2 aromatic rings. The summed E-state index contributed by atoms with van der Waals surface area (Å²) in [6.45, 7) is 0. The van der Waals surface area contributed by atoms with E-state index >= 15 is 0 Å². The first-order valence-corrected chi connectivity index (χ1v) is 4.50. The molecule has 0 bridgehead atoms. The number of hydrogen-bond acceptors (Lipinski definition) is 4. The van der Waals surface area contributed by atoms with Crippen LogP contribution in [0.2, 0.25) is 5.02 Å². The summed E-state index contributed by atoms with van der Waals surface area (Å²) in [6, 6.07) is 4.36. The highest BCUT2D eigenvalue weighted by Crippen LogP contribution is 2.33. The molecule has 1 heterocycles. The van der Waals surface area contributed by atoms with Gasteiger partial charge in [-0.3, -0.25) is 0 Å². The van der Waals surface area contributed by atoms with Crippen LogP contribution in [0, 0.1) is 0 Å². The summed E-state index contributed by atoms with van der Waals surface area (Å²) in [4.78, 5) is 11.2. The minimum absolute atomic E-state index is 0.0543. The number of furan rings is 1. The summed E-state index contributed by atoms with van der Waals surface area (Å²) in [5, 5.41) is 9.97. The standard InChI is InChI=1S/C10H7ClO4/c1-14-10(13)8-4-5-7(15-8)3-2-6(12)9(5)11/h2-4,12H,1H3. The maximum absolute atomic E-state index is 11.2. The number of hydrogen-bond donors (Lipinski definition) is 1. The van der Waals surface area contributed by atoms with E-state index in [1.165, 1.54) is 25.3 Å². The molecule has 5 heteroatoms. The molecule has 78 valence electrons. The zero-order valence-electron chi connectivity index (χ0n) is 7.78. The molecule has 0 fully saturated rings. The molecule has 0 saturated heterocycles. The van der Waals surface area contributed by atoms with Crippen LogP contribution in [0.4, 0.5) is 0 Å². The molecule has 1 N–H and O–H groups in total. The smallest absolute Gasteiger partial charge is 0.373 e. The average molecular weight is 227 g/mol. The number of carbonyl (C=O) groups is 1. The van der Waals surface area contributed by atoms with E-state index in [2.05, 4.69) is 4.74 Å². The summed E-state index contributed by atoms with van der Waals surface area (Å²) in [5.74, 6) is -0.580. The molecule has 0 aliphatic rings. The minimum atomic E-state index is -0.582. The summed E-state index contributed by atoms with van der Waals surface area (Å²) in [5.41, 5.74) is 0.429. The second-order valence-corrected chi connectivity index (χ2v) is 3.29. The lowest BCUT2D eigenvalue weighted by Gasteiger charge is -1.94. The number of halogens is 1. The van der Waals surface area contributed by atoms with Gasteiger partial charge in [0.15, 0.2) is 0 Å². The van der Waals surface area contributed by atoms with Crippen LogP contribution in [0.25, 0.3) is 11.0 Å². The molecule has 15 heavy (non-hydrogen) atoms. The number of carbonyl (C=O) groups excluding carboxylic acids is 1. The van der Waals surface area contributed by atoms with Gasteiger partial charge in [0.05, 0.1) is 12.1 Å². The molecule has 1 aromatic carbocycles. The van der Waals surface area contributed by atoms with Crippen LogP contribution in [-0.4, -0.2) is 18.2 Å². The first kappa shape index (κ1) is 9.86. The fourth-order valence-electron chi connectivity index (χ4n) is 1.27. The van der Waals surface area contributed by atoms with E-state index in [-0.39, 0.29) is 16.5 Å². The van der Waals surface area contributed by atoms with Crippen molar-refractivity contribution in [3.8, 4) is 5.75 Å². The predicted molar refractivity (Wildman–Crippen MR) is 54.2 cm³/mol. The molecule has 0 amide bonds. The van der Waals surface area contributed by atoms with Crippen molar-refractivity contribution in [2.75, 3.05) is 7.11 Å². The Bertz CT molecular complexity index is 529. The van der Waals surface area contributed by atoms with Crippen molar-refractivity contribution in [2.45, 2.75) is 0 Å². The lowest BCUT2D eigenvalue weighted by molar-refractivity contribution is 0.0567. The van der Waals surface area contributed by atoms with Crippen LogP contribution in [0.1, 0.15) is 10.6 Å². The zero-order valence-corrected chi connectivity index (χ0v) is 8.54. The molecule has 1 aromatic heterocycles. The minimum Gasteiger partial charge on any atom is -0.506 e. The Morgan fingerprint density at radius 3 is 2.93 bits per heavy atom.